The lowest BCUT2D eigenvalue weighted by molar-refractivity contribution is -0.142. The van der Waals surface area contributed by atoms with Gasteiger partial charge in [0.05, 0.1) is 6.04 Å². The maximum atomic E-state index is 12.2. The van der Waals surface area contributed by atoms with E-state index >= 15 is 0 Å². The maximum Gasteiger partial charge on any atom is 0.281 e. The van der Waals surface area contributed by atoms with Crippen LogP contribution in [-0.2, 0) is 9.53 Å². The van der Waals surface area contributed by atoms with Crippen molar-refractivity contribution in [3.63, 3.8) is 0 Å². The fourth-order valence-electron chi connectivity index (χ4n) is 3.57. The quantitative estimate of drug-likeness (QED) is 0.823. The van der Waals surface area contributed by atoms with Crippen molar-refractivity contribution in [1.29, 1.82) is 0 Å². The number of hydrogen-bond donors (Lipinski definition) is 0. The Labute approximate surface area is 124 Å². The van der Waals surface area contributed by atoms with Crippen LogP contribution in [0.3, 0.4) is 0 Å². The zero-order valence-electron chi connectivity index (χ0n) is 11.9. The first-order valence-electron chi connectivity index (χ1n) is 7.62. The Balaban J connectivity index is 1.62. The van der Waals surface area contributed by atoms with E-state index in [0.29, 0.717) is 11.8 Å². The molecule has 110 valence electrons. The number of piperidine rings is 3. The summed E-state index contributed by atoms with van der Waals surface area (Å²) in [7, 11) is 0. The summed E-state index contributed by atoms with van der Waals surface area (Å²) in [5, 5.41) is 6.22. The van der Waals surface area contributed by atoms with Crippen LogP contribution in [0, 0.1) is 5.92 Å². The monoisotopic (exact) mass is 285 g/mol. The number of carbonyl (C=O) groups excluding carboxylic acids is 1. The second kappa shape index (κ2) is 5.15. The van der Waals surface area contributed by atoms with Gasteiger partial charge in [-0.05, 0) is 44.0 Å². The van der Waals surface area contributed by atoms with E-state index in [-0.39, 0.29) is 18.6 Å². The first kappa shape index (κ1) is 12.8. The van der Waals surface area contributed by atoms with Crippen molar-refractivity contribution in [3.05, 3.63) is 35.9 Å². The van der Waals surface area contributed by atoms with E-state index in [4.69, 9.17) is 4.74 Å². The van der Waals surface area contributed by atoms with Crippen molar-refractivity contribution in [2.24, 2.45) is 11.0 Å². The predicted molar refractivity (Wildman–Crippen MR) is 78.7 cm³/mol. The SMILES string of the molecule is O=C1COC(c2ccccc2)=NN1C1CN2CCC1CC2. The molecule has 3 fully saturated rings. The predicted octanol–water partition coefficient (Wildman–Crippen LogP) is 1.30. The molecule has 0 radical (unpaired) electrons. The highest BCUT2D eigenvalue weighted by Crippen LogP contribution is 2.32. The number of carbonyl (C=O) groups is 1. The van der Waals surface area contributed by atoms with Crippen molar-refractivity contribution >= 4 is 11.8 Å². The van der Waals surface area contributed by atoms with E-state index in [1.54, 1.807) is 5.01 Å². The molecule has 21 heavy (non-hydrogen) atoms. The third kappa shape index (κ3) is 2.31. The Morgan fingerprint density at radius 2 is 1.90 bits per heavy atom. The van der Waals surface area contributed by atoms with Gasteiger partial charge in [0.25, 0.3) is 5.91 Å². The second-order valence-corrected chi connectivity index (χ2v) is 6.00. The van der Waals surface area contributed by atoms with Crippen molar-refractivity contribution in [2.75, 3.05) is 26.2 Å². The molecule has 0 N–H and O–H groups in total. The molecule has 4 heterocycles. The second-order valence-electron chi connectivity index (χ2n) is 6.00. The summed E-state index contributed by atoms with van der Waals surface area (Å²) >= 11 is 0. The minimum atomic E-state index is -0.0200. The molecule has 1 aromatic carbocycles. The lowest BCUT2D eigenvalue weighted by Crippen LogP contribution is -2.58. The number of amides is 1. The number of hydrazone groups is 1. The zero-order valence-corrected chi connectivity index (χ0v) is 11.9. The first-order valence-corrected chi connectivity index (χ1v) is 7.62. The molecular weight excluding hydrogens is 266 g/mol. The Morgan fingerprint density at radius 1 is 1.14 bits per heavy atom. The smallest absolute Gasteiger partial charge is 0.281 e. The van der Waals surface area contributed by atoms with Gasteiger partial charge in [0.1, 0.15) is 0 Å². The van der Waals surface area contributed by atoms with Gasteiger partial charge in [0.15, 0.2) is 6.61 Å². The highest BCUT2D eigenvalue weighted by atomic mass is 16.5. The molecule has 4 aliphatic heterocycles. The molecule has 0 aromatic heterocycles. The third-order valence-electron chi connectivity index (χ3n) is 4.74. The van der Waals surface area contributed by atoms with Crippen LogP contribution in [0.25, 0.3) is 0 Å². The zero-order chi connectivity index (χ0) is 14.2. The van der Waals surface area contributed by atoms with Crippen LogP contribution >= 0.6 is 0 Å². The van der Waals surface area contributed by atoms with Crippen molar-refractivity contribution in [1.82, 2.24) is 9.91 Å². The number of benzene rings is 1. The molecule has 5 nitrogen and oxygen atoms in total. The van der Waals surface area contributed by atoms with E-state index in [1.165, 1.54) is 12.8 Å². The van der Waals surface area contributed by atoms with Crippen LogP contribution in [0.15, 0.2) is 35.4 Å². The molecule has 0 saturated carbocycles. The molecule has 5 heteroatoms. The van der Waals surface area contributed by atoms with Crippen LogP contribution < -0.4 is 0 Å². The third-order valence-corrected chi connectivity index (χ3v) is 4.74. The van der Waals surface area contributed by atoms with E-state index in [1.807, 2.05) is 30.3 Å². The van der Waals surface area contributed by atoms with Crippen LogP contribution in [0.5, 0.6) is 0 Å². The fraction of sp³-hybridized carbons (Fsp3) is 0.500. The van der Waals surface area contributed by atoms with E-state index in [0.717, 1.165) is 25.2 Å². The average molecular weight is 285 g/mol. The Bertz CT molecular complexity index is 564. The summed E-state index contributed by atoms with van der Waals surface area (Å²) in [6.07, 6.45) is 2.34. The minimum absolute atomic E-state index is 0.0200. The van der Waals surface area contributed by atoms with E-state index in [2.05, 4.69) is 10.0 Å². The highest BCUT2D eigenvalue weighted by Gasteiger charge is 2.41. The molecule has 0 aliphatic carbocycles. The molecule has 1 atom stereocenters. The summed E-state index contributed by atoms with van der Waals surface area (Å²) < 4.78 is 5.52. The summed E-state index contributed by atoms with van der Waals surface area (Å²) in [4.78, 5) is 14.7. The molecular formula is C16H19N3O2. The summed E-state index contributed by atoms with van der Waals surface area (Å²) in [6.45, 7) is 3.36. The van der Waals surface area contributed by atoms with Crippen LogP contribution in [0.2, 0.25) is 0 Å². The normalized spacial score (nSPS) is 31.8. The van der Waals surface area contributed by atoms with Crippen molar-refractivity contribution < 1.29 is 9.53 Å². The Kier molecular flexibility index (Phi) is 3.15. The number of ether oxygens (including phenoxy) is 1. The van der Waals surface area contributed by atoms with Crippen LogP contribution in [-0.4, -0.2) is 54.0 Å². The molecule has 0 spiro atoms. The number of rotatable bonds is 2. The molecule has 2 bridgehead atoms. The van der Waals surface area contributed by atoms with E-state index < -0.39 is 0 Å². The Hall–Kier alpha value is -1.88. The van der Waals surface area contributed by atoms with Gasteiger partial charge >= 0.3 is 0 Å². The van der Waals surface area contributed by atoms with Gasteiger partial charge in [0, 0.05) is 12.1 Å². The molecule has 1 amide bonds. The van der Waals surface area contributed by atoms with Crippen LogP contribution in [0.4, 0.5) is 0 Å². The first-order chi connectivity index (χ1) is 10.3. The van der Waals surface area contributed by atoms with Gasteiger partial charge in [-0.2, -0.15) is 0 Å². The van der Waals surface area contributed by atoms with Crippen molar-refractivity contribution in [3.8, 4) is 0 Å². The Morgan fingerprint density at radius 3 is 2.57 bits per heavy atom. The molecule has 1 aromatic rings. The molecule has 1 unspecified atom stereocenters. The molecule has 5 rings (SSSR count). The minimum Gasteiger partial charge on any atom is -0.466 e. The van der Waals surface area contributed by atoms with E-state index in [9.17, 15) is 4.79 Å². The summed E-state index contributed by atoms with van der Waals surface area (Å²) in [6, 6.07) is 10.0. The lowest BCUT2D eigenvalue weighted by Gasteiger charge is -2.47. The number of nitrogens with zero attached hydrogens (tertiary/aromatic N) is 3. The standard InChI is InChI=1S/C16H19N3O2/c20-15-11-21-16(13-4-2-1-3-5-13)17-19(15)14-10-18-8-6-12(14)7-9-18/h1-5,12,14H,6-11H2. The highest BCUT2D eigenvalue weighted by molar-refractivity contribution is 5.98. The fourth-order valence-corrected chi connectivity index (χ4v) is 3.57. The van der Waals surface area contributed by atoms with Gasteiger partial charge in [-0.25, -0.2) is 5.01 Å². The van der Waals surface area contributed by atoms with Crippen molar-refractivity contribution in [2.45, 2.75) is 18.9 Å². The largest absolute Gasteiger partial charge is 0.466 e. The summed E-state index contributed by atoms with van der Waals surface area (Å²) in [5.74, 6) is 1.12. The lowest BCUT2D eigenvalue weighted by atomic mass is 9.83. The summed E-state index contributed by atoms with van der Waals surface area (Å²) in [5.41, 5.74) is 0.927. The van der Waals surface area contributed by atoms with Gasteiger partial charge < -0.3 is 9.64 Å². The van der Waals surface area contributed by atoms with Gasteiger partial charge in [0.2, 0.25) is 5.90 Å². The maximum absolute atomic E-state index is 12.2. The molecule has 3 saturated heterocycles. The van der Waals surface area contributed by atoms with Gasteiger partial charge in [-0.3, -0.25) is 4.79 Å². The van der Waals surface area contributed by atoms with Gasteiger partial charge in [-0.1, -0.05) is 18.2 Å². The number of fused-ring (bicyclic) bond motifs is 3. The van der Waals surface area contributed by atoms with Gasteiger partial charge in [-0.15, -0.1) is 5.10 Å². The topological polar surface area (TPSA) is 45.1 Å². The molecule has 4 aliphatic rings. The van der Waals surface area contributed by atoms with Crippen LogP contribution in [0.1, 0.15) is 18.4 Å². The number of hydrogen-bond acceptors (Lipinski definition) is 4. The average Bonchev–Trinajstić information content (AvgIpc) is 2.57.